The number of phenolic OH excluding ortho intramolecular Hbond substituents is 1. The highest BCUT2D eigenvalue weighted by molar-refractivity contribution is 5.91. The van der Waals surface area contributed by atoms with E-state index in [0.717, 1.165) is 22.2 Å². The van der Waals surface area contributed by atoms with E-state index in [2.05, 4.69) is 23.3 Å². The van der Waals surface area contributed by atoms with Crippen molar-refractivity contribution in [3.8, 4) is 5.75 Å². The molecular formula is C17H16N2O. The van der Waals surface area contributed by atoms with Crippen molar-refractivity contribution in [1.29, 1.82) is 0 Å². The minimum Gasteiger partial charge on any atom is -0.508 e. The molecule has 2 N–H and O–H groups in total. The Morgan fingerprint density at radius 1 is 1.05 bits per heavy atom. The van der Waals surface area contributed by atoms with Crippen molar-refractivity contribution in [2.75, 3.05) is 5.32 Å². The number of aromatic hydroxyl groups is 1. The maximum Gasteiger partial charge on any atom is 0.115 e. The van der Waals surface area contributed by atoms with Gasteiger partial charge in [-0.15, -0.1) is 0 Å². The monoisotopic (exact) mass is 264 g/mol. The van der Waals surface area contributed by atoms with E-state index in [-0.39, 0.29) is 11.8 Å². The fourth-order valence-corrected chi connectivity index (χ4v) is 2.34. The Hall–Kier alpha value is -2.55. The molecule has 3 rings (SSSR count). The van der Waals surface area contributed by atoms with Gasteiger partial charge < -0.3 is 10.4 Å². The Morgan fingerprint density at radius 3 is 2.75 bits per heavy atom. The van der Waals surface area contributed by atoms with Gasteiger partial charge in [0, 0.05) is 23.3 Å². The second-order valence-corrected chi connectivity index (χ2v) is 4.84. The molecule has 0 saturated carbocycles. The average Bonchev–Trinajstić information content (AvgIpc) is 2.47. The quantitative estimate of drug-likeness (QED) is 0.748. The molecule has 1 heterocycles. The Labute approximate surface area is 117 Å². The van der Waals surface area contributed by atoms with E-state index in [9.17, 15) is 5.11 Å². The first-order valence-corrected chi connectivity index (χ1v) is 6.63. The van der Waals surface area contributed by atoms with Gasteiger partial charge in [0.05, 0.1) is 5.52 Å². The zero-order valence-electron chi connectivity index (χ0n) is 11.2. The van der Waals surface area contributed by atoms with Crippen LogP contribution in [0.25, 0.3) is 10.9 Å². The van der Waals surface area contributed by atoms with Crippen LogP contribution in [-0.4, -0.2) is 10.1 Å². The van der Waals surface area contributed by atoms with Crippen LogP contribution in [0.3, 0.4) is 0 Å². The summed E-state index contributed by atoms with van der Waals surface area (Å²) >= 11 is 0. The van der Waals surface area contributed by atoms with E-state index in [4.69, 9.17) is 0 Å². The third kappa shape index (κ3) is 2.43. The van der Waals surface area contributed by atoms with Crippen LogP contribution < -0.4 is 5.32 Å². The maximum atomic E-state index is 9.56. The molecule has 3 nitrogen and oxygen atoms in total. The summed E-state index contributed by atoms with van der Waals surface area (Å²) in [4.78, 5) is 4.36. The van der Waals surface area contributed by atoms with Crippen molar-refractivity contribution in [3.05, 3.63) is 66.4 Å². The first-order chi connectivity index (χ1) is 9.74. The summed E-state index contributed by atoms with van der Waals surface area (Å²) in [5.74, 6) is 0.288. The summed E-state index contributed by atoms with van der Waals surface area (Å²) in [6.45, 7) is 2.07. The molecule has 0 fully saturated rings. The van der Waals surface area contributed by atoms with Crippen LogP contribution in [0.15, 0.2) is 60.8 Å². The summed E-state index contributed by atoms with van der Waals surface area (Å²) in [6.07, 6.45) is 1.80. The molecule has 100 valence electrons. The minimum absolute atomic E-state index is 0.105. The highest BCUT2D eigenvalue weighted by Crippen LogP contribution is 2.27. The van der Waals surface area contributed by atoms with E-state index in [1.807, 2.05) is 36.4 Å². The van der Waals surface area contributed by atoms with Gasteiger partial charge in [-0.2, -0.15) is 0 Å². The number of hydrogen-bond acceptors (Lipinski definition) is 3. The van der Waals surface area contributed by atoms with Gasteiger partial charge in [-0.05, 0) is 48.9 Å². The zero-order chi connectivity index (χ0) is 13.9. The summed E-state index contributed by atoms with van der Waals surface area (Å²) in [5, 5.41) is 14.1. The van der Waals surface area contributed by atoms with E-state index in [1.165, 1.54) is 0 Å². The largest absolute Gasteiger partial charge is 0.508 e. The highest BCUT2D eigenvalue weighted by atomic mass is 16.3. The second kappa shape index (κ2) is 5.21. The summed E-state index contributed by atoms with van der Waals surface area (Å²) in [7, 11) is 0. The number of benzene rings is 2. The van der Waals surface area contributed by atoms with Gasteiger partial charge in [-0.1, -0.05) is 18.2 Å². The van der Waals surface area contributed by atoms with Crippen LogP contribution in [0.4, 0.5) is 5.69 Å². The number of aromatic nitrogens is 1. The van der Waals surface area contributed by atoms with Gasteiger partial charge in [0.25, 0.3) is 0 Å². The van der Waals surface area contributed by atoms with Crippen LogP contribution >= 0.6 is 0 Å². The molecule has 3 heteroatoms. The lowest BCUT2D eigenvalue weighted by Crippen LogP contribution is -2.06. The summed E-state index contributed by atoms with van der Waals surface area (Å²) < 4.78 is 0. The first kappa shape index (κ1) is 12.5. The van der Waals surface area contributed by atoms with Gasteiger partial charge in [0.2, 0.25) is 0 Å². The average molecular weight is 264 g/mol. The smallest absolute Gasteiger partial charge is 0.115 e. The van der Waals surface area contributed by atoms with Crippen LogP contribution in [0.5, 0.6) is 5.75 Å². The van der Waals surface area contributed by atoms with Crippen molar-refractivity contribution >= 4 is 16.6 Å². The number of hydrogen-bond donors (Lipinski definition) is 2. The third-order valence-corrected chi connectivity index (χ3v) is 3.39. The molecule has 0 saturated heterocycles. The normalized spacial score (nSPS) is 12.2. The summed E-state index contributed by atoms with van der Waals surface area (Å²) in [6, 6.07) is 17.4. The summed E-state index contributed by atoms with van der Waals surface area (Å²) in [5.41, 5.74) is 3.07. The van der Waals surface area contributed by atoms with E-state index >= 15 is 0 Å². The fraction of sp³-hybridized carbons (Fsp3) is 0.118. The van der Waals surface area contributed by atoms with E-state index < -0.39 is 0 Å². The third-order valence-electron chi connectivity index (χ3n) is 3.39. The number of fused-ring (bicyclic) bond motifs is 1. The molecule has 1 aromatic heterocycles. The van der Waals surface area contributed by atoms with Gasteiger partial charge in [-0.25, -0.2) is 0 Å². The molecular weight excluding hydrogens is 248 g/mol. The lowest BCUT2D eigenvalue weighted by Gasteiger charge is -2.17. The minimum atomic E-state index is 0.105. The molecule has 3 aromatic rings. The van der Waals surface area contributed by atoms with Crippen molar-refractivity contribution in [2.45, 2.75) is 13.0 Å². The first-order valence-electron chi connectivity index (χ1n) is 6.63. The standard InChI is InChI=1S/C17H16N2O/c1-12(13-5-2-6-14(20)11-13)19-17-9-3-8-16-15(17)7-4-10-18-16/h2-12,19-20H,1H3. The predicted octanol–water partition coefficient (Wildman–Crippen LogP) is 4.11. The van der Waals surface area contributed by atoms with Crippen LogP contribution in [0, 0.1) is 0 Å². The van der Waals surface area contributed by atoms with Crippen molar-refractivity contribution in [1.82, 2.24) is 4.98 Å². The number of nitrogens with zero attached hydrogens (tertiary/aromatic N) is 1. The highest BCUT2D eigenvalue weighted by Gasteiger charge is 2.08. The van der Waals surface area contributed by atoms with Crippen LogP contribution in [-0.2, 0) is 0 Å². The Balaban J connectivity index is 1.93. The topological polar surface area (TPSA) is 45.2 Å². The molecule has 0 aliphatic heterocycles. The molecule has 1 unspecified atom stereocenters. The van der Waals surface area contributed by atoms with Crippen molar-refractivity contribution < 1.29 is 5.11 Å². The van der Waals surface area contributed by atoms with Gasteiger partial charge in [0.15, 0.2) is 0 Å². The molecule has 0 aliphatic rings. The SMILES string of the molecule is CC(Nc1cccc2ncccc12)c1cccc(O)c1. The molecule has 20 heavy (non-hydrogen) atoms. The maximum absolute atomic E-state index is 9.56. The number of anilines is 1. The zero-order valence-corrected chi connectivity index (χ0v) is 11.2. The predicted molar refractivity (Wildman–Crippen MR) is 81.9 cm³/mol. The van der Waals surface area contributed by atoms with Gasteiger partial charge in [0.1, 0.15) is 5.75 Å². The number of nitrogens with one attached hydrogen (secondary N) is 1. The van der Waals surface area contributed by atoms with Crippen molar-refractivity contribution in [3.63, 3.8) is 0 Å². The molecule has 0 bridgehead atoms. The van der Waals surface area contributed by atoms with E-state index in [1.54, 1.807) is 18.3 Å². The molecule has 0 amide bonds. The lowest BCUT2D eigenvalue weighted by atomic mass is 10.1. The number of pyridine rings is 1. The molecule has 0 aliphatic carbocycles. The number of rotatable bonds is 3. The fourth-order valence-electron chi connectivity index (χ4n) is 2.34. The van der Waals surface area contributed by atoms with Gasteiger partial charge in [-0.3, -0.25) is 4.98 Å². The Kier molecular flexibility index (Phi) is 3.25. The molecule has 1 atom stereocenters. The van der Waals surface area contributed by atoms with Gasteiger partial charge >= 0.3 is 0 Å². The molecule has 0 spiro atoms. The molecule has 2 aromatic carbocycles. The van der Waals surface area contributed by atoms with Crippen molar-refractivity contribution in [2.24, 2.45) is 0 Å². The Morgan fingerprint density at radius 2 is 1.90 bits per heavy atom. The van der Waals surface area contributed by atoms with E-state index in [0.29, 0.717) is 0 Å². The Bertz CT molecular complexity index is 734. The number of phenols is 1. The second-order valence-electron chi connectivity index (χ2n) is 4.84. The van der Waals surface area contributed by atoms with Crippen LogP contribution in [0.1, 0.15) is 18.5 Å². The molecule has 0 radical (unpaired) electrons. The van der Waals surface area contributed by atoms with Crippen LogP contribution in [0.2, 0.25) is 0 Å². The lowest BCUT2D eigenvalue weighted by molar-refractivity contribution is 0.474.